The number of carbonyl (C=O) groups is 1. The summed E-state index contributed by atoms with van der Waals surface area (Å²) in [5.74, 6) is 1.02. The Kier molecular flexibility index (Phi) is 7.37. The minimum atomic E-state index is -0.615. The van der Waals surface area contributed by atoms with Gasteiger partial charge >= 0.3 is 6.09 Å². The fourth-order valence-electron chi connectivity index (χ4n) is 3.46. The van der Waals surface area contributed by atoms with Gasteiger partial charge in [-0.15, -0.1) is 10.2 Å². The van der Waals surface area contributed by atoms with Crippen LogP contribution in [0.1, 0.15) is 43.8 Å². The molecule has 0 bridgehead atoms. The second-order valence-corrected chi connectivity index (χ2v) is 9.76. The lowest BCUT2D eigenvalue weighted by atomic mass is 10.1. The molecule has 2 aromatic heterocycles. The highest BCUT2D eigenvalue weighted by molar-refractivity contribution is 7.99. The van der Waals surface area contributed by atoms with E-state index in [1.54, 1.807) is 0 Å². The van der Waals surface area contributed by atoms with Crippen LogP contribution in [0.2, 0.25) is 0 Å². The van der Waals surface area contributed by atoms with Crippen LogP contribution >= 0.6 is 11.8 Å². The Hall–Kier alpha value is -3.52. The van der Waals surface area contributed by atoms with Crippen LogP contribution in [-0.4, -0.2) is 32.6 Å². The van der Waals surface area contributed by atoms with Crippen molar-refractivity contribution in [1.29, 1.82) is 0 Å². The minimum absolute atomic E-state index is 0.339. The van der Waals surface area contributed by atoms with Crippen LogP contribution < -0.4 is 5.32 Å². The average molecular weight is 477 g/mol. The zero-order valence-electron chi connectivity index (χ0n) is 19.4. The van der Waals surface area contributed by atoms with E-state index in [1.165, 1.54) is 11.8 Å². The van der Waals surface area contributed by atoms with Crippen molar-refractivity contribution in [3.8, 4) is 0 Å². The van der Waals surface area contributed by atoms with Gasteiger partial charge in [-0.2, -0.15) is 0 Å². The second-order valence-electron chi connectivity index (χ2n) is 8.79. The van der Waals surface area contributed by atoms with Crippen LogP contribution in [0.4, 0.5) is 4.79 Å². The zero-order valence-corrected chi connectivity index (χ0v) is 20.3. The molecule has 2 N–H and O–H groups in total. The van der Waals surface area contributed by atoms with Gasteiger partial charge in [-0.3, -0.25) is 0 Å². The number of aromatic nitrogens is 3. The first-order valence-corrected chi connectivity index (χ1v) is 12.1. The topological polar surface area (TPSA) is 93.0 Å². The first-order chi connectivity index (χ1) is 16.4. The lowest BCUT2D eigenvalue weighted by Gasteiger charge is -2.22. The molecule has 0 saturated carbocycles. The number of amides is 1. The number of hydrogen-bond acceptors (Lipinski definition) is 6. The standard InChI is InChI=1S/C26H28N4O3S/c1-26(2,3)33-24(31)28-22(16-19-17-27-21-14-8-7-13-20(19)21)23-29-30-25(32-23)34-15-9-12-18-10-5-4-6-11-18/h4-14,17,22,27H,15-16H2,1-3H3,(H,28,31). The fraction of sp³-hybridized carbons (Fsp3) is 0.269. The van der Waals surface area contributed by atoms with Gasteiger partial charge in [-0.25, -0.2) is 4.79 Å². The number of carbonyl (C=O) groups excluding carboxylic acids is 1. The molecule has 1 atom stereocenters. The van der Waals surface area contributed by atoms with Crippen LogP contribution in [0.5, 0.6) is 0 Å². The van der Waals surface area contributed by atoms with Crippen molar-refractivity contribution < 1.29 is 13.9 Å². The monoisotopic (exact) mass is 476 g/mol. The molecular weight excluding hydrogens is 448 g/mol. The molecule has 34 heavy (non-hydrogen) atoms. The maximum atomic E-state index is 12.5. The highest BCUT2D eigenvalue weighted by atomic mass is 32.2. The molecule has 2 heterocycles. The zero-order chi connectivity index (χ0) is 24.0. The highest BCUT2D eigenvalue weighted by Crippen LogP contribution is 2.26. The number of nitrogens with one attached hydrogen (secondary N) is 2. The third-order valence-electron chi connectivity index (χ3n) is 4.92. The Morgan fingerprint density at radius 3 is 2.71 bits per heavy atom. The van der Waals surface area contributed by atoms with Gasteiger partial charge in [0.15, 0.2) is 0 Å². The molecule has 4 rings (SSSR count). The quantitative estimate of drug-likeness (QED) is 0.296. The van der Waals surface area contributed by atoms with Gasteiger partial charge in [0.2, 0.25) is 5.89 Å². The molecule has 0 aliphatic carbocycles. The number of para-hydroxylation sites is 1. The number of thioether (sulfide) groups is 1. The minimum Gasteiger partial charge on any atom is -0.444 e. The molecular formula is C26H28N4O3S. The molecule has 7 nitrogen and oxygen atoms in total. The van der Waals surface area contributed by atoms with E-state index in [4.69, 9.17) is 9.15 Å². The van der Waals surface area contributed by atoms with Crippen LogP contribution in [0.3, 0.4) is 0 Å². The number of nitrogens with zero attached hydrogens (tertiary/aromatic N) is 2. The van der Waals surface area contributed by atoms with Gasteiger partial charge in [-0.05, 0) is 38.0 Å². The normalized spacial score (nSPS) is 12.8. The molecule has 0 fully saturated rings. The number of H-pyrrole nitrogens is 1. The number of benzene rings is 2. The maximum Gasteiger partial charge on any atom is 0.408 e. The number of hydrogen-bond donors (Lipinski definition) is 2. The van der Waals surface area contributed by atoms with Crippen LogP contribution in [0, 0.1) is 0 Å². The Morgan fingerprint density at radius 1 is 1.15 bits per heavy atom. The number of rotatable bonds is 8. The molecule has 2 aromatic carbocycles. The summed E-state index contributed by atoms with van der Waals surface area (Å²) in [5.41, 5.74) is 2.58. The van der Waals surface area contributed by atoms with E-state index in [-0.39, 0.29) is 0 Å². The molecule has 0 aliphatic heterocycles. The predicted molar refractivity (Wildman–Crippen MR) is 135 cm³/mol. The van der Waals surface area contributed by atoms with Gasteiger partial charge < -0.3 is 19.5 Å². The largest absolute Gasteiger partial charge is 0.444 e. The number of fused-ring (bicyclic) bond motifs is 1. The van der Waals surface area contributed by atoms with Crippen molar-refractivity contribution in [2.45, 2.75) is 44.1 Å². The second kappa shape index (κ2) is 10.6. The van der Waals surface area contributed by atoms with Crippen molar-refractivity contribution in [3.63, 3.8) is 0 Å². The van der Waals surface area contributed by atoms with Crippen LogP contribution in [-0.2, 0) is 11.2 Å². The van der Waals surface area contributed by atoms with Gasteiger partial charge in [0, 0.05) is 29.3 Å². The molecule has 176 valence electrons. The summed E-state index contributed by atoms with van der Waals surface area (Å²) < 4.78 is 11.4. The summed E-state index contributed by atoms with van der Waals surface area (Å²) in [6.45, 7) is 5.48. The van der Waals surface area contributed by atoms with Crippen molar-refractivity contribution in [2.24, 2.45) is 0 Å². The summed E-state index contributed by atoms with van der Waals surface area (Å²) in [7, 11) is 0. The molecule has 0 spiro atoms. The Morgan fingerprint density at radius 2 is 1.91 bits per heavy atom. The van der Waals surface area contributed by atoms with Gasteiger partial charge in [-0.1, -0.05) is 72.4 Å². The van der Waals surface area contributed by atoms with Gasteiger partial charge in [0.05, 0.1) is 0 Å². The summed E-state index contributed by atoms with van der Waals surface area (Å²) in [5, 5.41) is 12.8. The van der Waals surface area contributed by atoms with E-state index in [1.807, 2.05) is 93.7 Å². The van der Waals surface area contributed by atoms with Crippen molar-refractivity contribution in [2.75, 3.05) is 5.75 Å². The van der Waals surface area contributed by atoms with E-state index < -0.39 is 17.7 Å². The van der Waals surface area contributed by atoms with Crippen molar-refractivity contribution in [3.05, 3.63) is 83.9 Å². The lowest BCUT2D eigenvalue weighted by molar-refractivity contribution is 0.0494. The molecule has 0 aliphatic rings. The maximum absolute atomic E-state index is 12.5. The Bertz CT molecular complexity index is 1260. The third-order valence-corrected chi connectivity index (χ3v) is 5.69. The highest BCUT2D eigenvalue weighted by Gasteiger charge is 2.26. The van der Waals surface area contributed by atoms with Crippen LogP contribution in [0.15, 0.2) is 76.5 Å². The molecule has 0 radical (unpaired) electrons. The molecule has 0 saturated heterocycles. The van der Waals surface area contributed by atoms with E-state index in [0.29, 0.717) is 23.3 Å². The molecule has 4 aromatic rings. The van der Waals surface area contributed by atoms with E-state index >= 15 is 0 Å². The van der Waals surface area contributed by atoms with Crippen molar-refractivity contribution >= 4 is 34.8 Å². The van der Waals surface area contributed by atoms with E-state index in [9.17, 15) is 4.79 Å². The third kappa shape index (κ3) is 6.51. The average Bonchev–Trinajstić information content (AvgIpc) is 3.43. The Labute approximate surface area is 203 Å². The summed E-state index contributed by atoms with van der Waals surface area (Å²) >= 11 is 1.44. The molecule has 8 heteroatoms. The number of aromatic amines is 1. The smallest absolute Gasteiger partial charge is 0.408 e. The molecule has 1 unspecified atom stereocenters. The van der Waals surface area contributed by atoms with Crippen LogP contribution in [0.25, 0.3) is 17.0 Å². The first-order valence-electron chi connectivity index (χ1n) is 11.1. The van der Waals surface area contributed by atoms with E-state index in [0.717, 1.165) is 22.0 Å². The van der Waals surface area contributed by atoms with Gasteiger partial charge in [0.1, 0.15) is 11.6 Å². The number of alkyl carbamates (subject to hydrolysis) is 1. The SMILES string of the molecule is CC(C)(C)OC(=O)NC(Cc1c[nH]c2ccccc12)c1nnc(SCC=Cc2ccccc2)o1. The summed E-state index contributed by atoms with van der Waals surface area (Å²) in [6, 6.07) is 17.6. The van der Waals surface area contributed by atoms with Gasteiger partial charge in [0.25, 0.3) is 5.22 Å². The lowest BCUT2D eigenvalue weighted by Crippen LogP contribution is -2.36. The first kappa shape index (κ1) is 23.6. The Balaban J connectivity index is 1.47. The summed E-state index contributed by atoms with van der Waals surface area (Å²) in [6.07, 6.45) is 5.98. The van der Waals surface area contributed by atoms with E-state index in [2.05, 4.69) is 20.5 Å². The number of ether oxygens (including phenoxy) is 1. The molecule has 1 amide bonds. The van der Waals surface area contributed by atoms with Crippen molar-refractivity contribution in [1.82, 2.24) is 20.5 Å². The predicted octanol–water partition coefficient (Wildman–Crippen LogP) is 6.16. The fourth-order valence-corrected chi connectivity index (χ4v) is 4.04. The summed E-state index contributed by atoms with van der Waals surface area (Å²) in [4.78, 5) is 15.8.